The Hall–Kier alpha value is -2.49. The maximum Gasteiger partial charge on any atom is 0.250 e. The molecule has 17 heavy (non-hydrogen) atoms. The highest BCUT2D eigenvalue weighted by Crippen LogP contribution is 2.08. The molecule has 0 bridgehead atoms. The molecule has 1 amide bonds. The quantitative estimate of drug-likeness (QED) is 0.648. The summed E-state index contributed by atoms with van der Waals surface area (Å²) in [5, 5.41) is 0. The van der Waals surface area contributed by atoms with Gasteiger partial charge in [0, 0.05) is 11.4 Å². The molecule has 88 valence electrons. The van der Waals surface area contributed by atoms with Gasteiger partial charge in [-0.3, -0.25) is 4.79 Å². The zero-order chi connectivity index (χ0) is 12.7. The number of hydrogen-bond acceptors (Lipinski definition) is 3. The molecule has 0 saturated carbocycles. The first-order valence-corrected chi connectivity index (χ1v) is 5.06. The average Bonchev–Trinajstić information content (AvgIpc) is 2.31. The van der Waals surface area contributed by atoms with Crippen molar-refractivity contribution in [3.8, 4) is 0 Å². The van der Waals surface area contributed by atoms with Crippen molar-refractivity contribution in [2.75, 3.05) is 11.5 Å². The molecule has 0 aliphatic carbocycles. The van der Waals surface area contributed by atoms with Crippen LogP contribution in [0.25, 0.3) is 0 Å². The minimum Gasteiger partial charge on any atom is -0.399 e. The van der Waals surface area contributed by atoms with Crippen molar-refractivity contribution in [2.24, 2.45) is 5.73 Å². The number of para-hydroxylation sites is 2. The van der Waals surface area contributed by atoms with Crippen LogP contribution in [-0.2, 0) is 0 Å². The van der Waals surface area contributed by atoms with Crippen LogP contribution < -0.4 is 17.2 Å². The fraction of sp³-hybridized carbons (Fsp3) is 0. The highest BCUT2D eigenvalue weighted by Gasteiger charge is 2.01. The molecule has 0 unspecified atom stereocenters. The number of hydrogen-bond donors (Lipinski definition) is 3. The lowest BCUT2D eigenvalue weighted by atomic mass is 10.2. The molecular weight excluding hydrogens is 214 g/mol. The van der Waals surface area contributed by atoms with E-state index in [1.165, 1.54) is 0 Å². The van der Waals surface area contributed by atoms with E-state index in [2.05, 4.69) is 0 Å². The Morgan fingerprint density at radius 1 is 0.824 bits per heavy atom. The van der Waals surface area contributed by atoms with E-state index in [4.69, 9.17) is 17.2 Å². The summed E-state index contributed by atoms with van der Waals surface area (Å²) in [6, 6.07) is 16.2. The third-order valence-electron chi connectivity index (χ3n) is 2.03. The van der Waals surface area contributed by atoms with Gasteiger partial charge in [0.15, 0.2) is 0 Å². The number of nitrogen functional groups attached to an aromatic ring is 2. The number of amides is 1. The first kappa shape index (κ1) is 12.6. The first-order valence-electron chi connectivity index (χ1n) is 5.06. The smallest absolute Gasteiger partial charge is 0.250 e. The summed E-state index contributed by atoms with van der Waals surface area (Å²) in [4.78, 5) is 10.6. The van der Waals surface area contributed by atoms with Crippen LogP contribution in [0, 0.1) is 0 Å². The highest BCUT2D eigenvalue weighted by molar-refractivity contribution is 5.97. The summed E-state index contributed by atoms with van der Waals surface area (Å²) >= 11 is 0. The highest BCUT2D eigenvalue weighted by atomic mass is 16.1. The molecule has 4 nitrogen and oxygen atoms in total. The van der Waals surface area contributed by atoms with Crippen molar-refractivity contribution in [3.05, 3.63) is 60.2 Å². The molecule has 2 aromatic carbocycles. The second kappa shape index (κ2) is 6.17. The Morgan fingerprint density at radius 3 is 1.71 bits per heavy atom. The van der Waals surface area contributed by atoms with Crippen molar-refractivity contribution < 1.29 is 4.79 Å². The molecule has 0 aliphatic heterocycles. The molecule has 0 aliphatic rings. The Labute approximate surface area is 100 Å². The number of anilines is 2. The monoisotopic (exact) mass is 229 g/mol. The van der Waals surface area contributed by atoms with E-state index in [1.807, 2.05) is 30.3 Å². The summed E-state index contributed by atoms with van der Waals surface area (Å²) in [5.41, 5.74) is 17.4. The van der Waals surface area contributed by atoms with Crippen molar-refractivity contribution in [1.82, 2.24) is 0 Å². The molecule has 0 atom stereocenters. The van der Waals surface area contributed by atoms with Gasteiger partial charge in [0.1, 0.15) is 0 Å². The Balaban J connectivity index is 0.000000181. The van der Waals surface area contributed by atoms with Crippen molar-refractivity contribution in [1.29, 1.82) is 0 Å². The third-order valence-corrected chi connectivity index (χ3v) is 2.03. The van der Waals surface area contributed by atoms with Crippen LogP contribution in [0.15, 0.2) is 54.6 Å². The molecule has 0 radical (unpaired) electrons. The second-order valence-electron chi connectivity index (χ2n) is 3.36. The van der Waals surface area contributed by atoms with E-state index in [0.717, 1.165) is 5.69 Å². The van der Waals surface area contributed by atoms with Gasteiger partial charge in [-0.25, -0.2) is 0 Å². The summed E-state index contributed by atoms with van der Waals surface area (Å²) in [7, 11) is 0. The van der Waals surface area contributed by atoms with E-state index < -0.39 is 5.91 Å². The molecule has 2 rings (SSSR count). The zero-order valence-electron chi connectivity index (χ0n) is 9.34. The molecule has 2 aromatic rings. The SMILES string of the molecule is NC(=O)c1ccccc1N.Nc1ccccc1. The summed E-state index contributed by atoms with van der Waals surface area (Å²) < 4.78 is 0. The fourth-order valence-electron chi connectivity index (χ4n) is 1.17. The first-order chi connectivity index (χ1) is 8.11. The number of carbonyl (C=O) groups excluding carboxylic acids is 1. The van der Waals surface area contributed by atoms with E-state index in [0.29, 0.717) is 11.3 Å². The molecule has 0 aromatic heterocycles. The van der Waals surface area contributed by atoms with Gasteiger partial charge in [-0.15, -0.1) is 0 Å². The zero-order valence-corrected chi connectivity index (χ0v) is 9.34. The maximum absolute atomic E-state index is 10.6. The van der Waals surface area contributed by atoms with Crippen LogP contribution in [0.2, 0.25) is 0 Å². The van der Waals surface area contributed by atoms with Gasteiger partial charge in [0.25, 0.3) is 5.91 Å². The maximum atomic E-state index is 10.6. The standard InChI is InChI=1S/C7H8N2O.C6H7N/c8-6-4-2-1-3-5(6)7(9)10;7-6-4-2-1-3-5-6/h1-4H,8H2,(H2,9,10);1-5H,7H2. The lowest BCUT2D eigenvalue weighted by Gasteiger charge is -1.97. The molecule has 0 saturated heterocycles. The van der Waals surface area contributed by atoms with E-state index in [-0.39, 0.29) is 0 Å². The molecular formula is C13H15N3O. The molecule has 6 N–H and O–H groups in total. The largest absolute Gasteiger partial charge is 0.399 e. The van der Waals surface area contributed by atoms with E-state index in [1.54, 1.807) is 24.3 Å². The van der Waals surface area contributed by atoms with Crippen LogP contribution in [0.5, 0.6) is 0 Å². The molecule has 0 spiro atoms. The normalized spacial score (nSPS) is 8.94. The van der Waals surface area contributed by atoms with Crippen molar-refractivity contribution >= 4 is 17.3 Å². The molecule has 4 heteroatoms. The van der Waals surface area contributed by atoms with E-state index >= 15 is 0 Å². The third kappa shape index (κ3) is 4.25. The fourth-order valence-corrected chi connectivity index (χ4v) is 1.17. The average molecular weight is 229 g/mol. The summed E-state index contributed by atoms with van der Waals surface area (Å²) in [5.74, 6) is -0.488. The number of carbonyl (C=O) groups is 1. The van der Waals surface area contributed by atoms with Crippen LogP contribution >= 0.6 is 0 Å². The lowest BCUT2D eigenvalue weighted by Crippen LogP contribution is -2.12. The van der Waals surface area contributed by atoms with E-state index in [9.17, 15) is 4.79 Å². The van der Waals surface area contributed by atoms with Gasteiger partial charge in [0.2, 0.25) is 0 Å². The van der Waals surface area contributed by atoms with Crippen LogP contribution in [0.4, 0.5) is 11.4 Å². The summed E-state index contributed by atoms with van der Waals surface area (Å²) in [6.07, 6.45) is 0. The number of rotatable bonds is 1. The van der Waals surface area contributed by atoms with Gasteiger partial charge in [-0.2, -0.15) is 0 Å². The Morgan fingerprint density at radius 2 is 1.35 bits per heavy atom. The van der Waals surface area contributed by atoms with Gasteiger partial charge in [-0.05, 0) is 24.3 Å². The lowest BCUT2D eigenvalue weighted by molar-refractivity contribution is 0.100. The number of primary amides is 1. The van der Waals surface area contributed by atoms with Crippen LogP contribution in [0.3, 0.4) is 0 Å². The summed E-state index contributed by atoms with van der Waals surface area (Å²) in [6.45, 7) is 0. The topological polar surface area (TPSA) is 95.1 Å². The van der Waals surface area contributed by atoms with Crippen LogP contribution in [-0.4, -0.2) is 5.91 Å². The van der Waals surface area contributed by atoms with Gasteiger partial charge < -0.3 is 17.2 Å². The number of benzene rings is 2. The van der Waals surface area contributed by atoms with Gasteiger partial charge in [-0.1, -0.05) is 30.3 Å². The predicted molar refractivity (Wildman–Crippen MR) is 70.2 cm³/mol. The van der Waals surface area contributed by atoms with Crippen molar-refractivity contribution in [2.45, 2.75) is 0 Å². The molecule has 0 heterocycles. The molecule has 0 fully saturated rings. The Kier molecular flexibility index (Phi) is 4.57. The minimum absolute atomic E-state index is 0.377. The Bertz CT molecular complexity index is 483. The second-order valence-corrected chi connectivity index (χ2v) is 3.36. The van der Waals surface area contributed by atoms with Crippen molar-refractivity contribution in [3.63, 3.8) is 0 Å². The van der Waals surface area contributed by atoms with Gasteiger partial charge >= 0.3 is 0 Å². The van der Waals surface area contributed by atoms with Gasteiger partial charge in [0.05, 0.1) is 5.56 Å². The predicted octanol–water partition coefficient (Wildman–Crippen LogP) is 1.64. The minimum atomic E-state index is -0.488. The number of nitrogens with two attached hydrogens (primary N) is 3. The van der Waals surface area contributed by atoms with Crippen LogP contribution in [0.1, 0.15) is 10.4 Å².